The van der Waals surface area contributed by atoms with Crippen molar-refractivity contribution in [3.05, 3.63) is 0 Å². The summed E-state index contributed by atoms with van der Waals surface area (Å²) < 4.78 is 4.94. The highest BCUT2D eigenvalue weighted by Gasteiger charge is 2.21. The second-order valence-electron chi connectivity index (χ2n) is 2.46. The van der Waals surface area contributed by atoms with Crippen LogP contribution in [0.1, 0.15) is 20.3 Å². The highest BCUT2D eigenvalue weighted by molar-refractivity contribution is 5.77. The molecule has 0 radical (unpaired) electrons. The van der Waals surface area contributed by atoms with Crippen molar-refractivity contribution in [3.63, 3.8) is 0 Å². The molecule has 0 bridgehead atoms. The summed E-state index contributed by atoms with van der Waals surface area (Å²) >= 11 is 0. The minimum absolute atomic E-state index is 0.0438. The maximum Gasteiger partial charge on any atom is 0.133 e. The van der Waals surface area contributed by atoms with Crippen LogP contribution in [0.3, 0.4) is 0 Å². The van der Waals surface area contributed by atoms with Gasteiger partial charge in [0.25, 0.3) is 0 Å². The molecule has 1 atom stereocenters. The molecule has 10 heavy (non-hydrogen) atoms. The Balaban J connectivity index is 4.10. The van der Waals surface area contributed by atoms with Gasteiger partial charge in [-0.05, 0) is 13.8 Å². The van der Waals surface area contributed by atoms with Gasteiger partial charge < -0.3 is 4.74 Å². The zero-order valence-corrected chi connectivity index (χ0v) is 6.60. The Bertz CT molecular complexity index is 167. The molecule has 0 aliphatic rings. The van der Waals surface area contributed by atoms with E-state index in [1.807, 2.05) is 0 Å². The van der Waals surface area contributed by atoms with Crippen LogP contribution in [0.5, 0.6) is 0 Å². The lowest BCUT2D eigenvalue weighted by Crippen LogP contribution is -2.27. The van der Waals surface area contributed by atoms with Crippen molar-refractivity contribution in [3.8, 4) is 12.3 Å². The van der Waals surface area contributed by atoms with Gasteiger partial charge in [-0.2, -0.15) is 0 Å². The first kappa shape index (κ1) is 9.19. The number of ether oxygens (including phenoxy) is 1. The van der Waals surface area contributed by atoms with Gasteiger partial charge in [0, 0.05) is 13.5 Å². The quantitative estimate of drug-likeness (QED) is 0.547. The molecule has 0 saturated carbocycles. The van der Waals surface area contributed by atoms with E-state index in [-0.39, 0.29) is 12.2 Å². The minimum atomic E-state index is -0.716. The van der Waals surface area contributed by atoms with Crippen LogP contribution in [-0.4, -0.2) is 18.5 Å². The van der Waals surface area contributed by atoms with Crippen molar-refractivity contribution in [2.75, 3.05) is 7.11 Å². The number of hydrogen-bond acceptors (Lipinski definition) is 2. The molecular formula is C8H12O2. The van der Waals surface area contributed by atoms with E-state index in [0.717, 1.165) is 0 Å². The van der Waals surface area contributed by atoms with Crippen LogP contribution in [-0.2, 0) is 9.53 Å². The zero-order chi connectivity index (χ0) is 8.20. The SMILES string of the molecule is C#CC(C)(CC(C)=O)OC. The standard InChI is InChI=1S/C8H12O2/c1-5-8(3,10-4)6-7(2)9/h1H,6H2,2-4H3. The third-order valence-electron chi connectivity index (χ3n) is 1.34. The molecule has 0 spiro atoms. The number of ketones is 1. The van der Waals surface area contributed by atoms with E-state index < -0.39 is 5.60 Å². The predicted octanol–water partition coefficient (Wildman–Crippen LogP) is 1.00. The Morgan fingerprint density at radius 3 is 2.40 bits per heavy atom. The van der Waals surface area contributed by atoms with Gasteiger partial charge in [-0.3, -0.25) is 4.79 Å². The molecule has 0 amide bonds. The largest absolute Gasteiger partial charge is 0.365 e. The molecule has 0 saturated heterocycles. The molecule has 1 unspecified atom stereocenters. The summed E-state index contributed by atoms with van der Waals surface area (Å²) in [5.41, 5.74) is -0.716. The first-order chi connectivity index (χ1) is 4.54. The topological polar surface area (TPSA) is 26.3 Å². The van der Waals surface area contributed by atoms with Crippen LogP contribution < -0.4 is 0 Å². The average Bonchev–Trinajstić information content (AvgIpc) is 1.87. The fraction of sp³-hybridized carbons (Fsp3) is 0.625. The Kier molecular flexibility index (Phi) is 3.11. The van der Waals surface area contributed by atoms with Crippen LogP contribution in [0.25, 0.3) is 0 Å². The molecule has 0 heterocycles. The lowest BCUT2D eigenvalue weighted by Gasteiger charge is -2.19. The van der Waals surface area contributed by atoms with Gasteiger partial charge in [0.15, 0.2) is 0 Å². The van der Waals surface area contributed by atoms with E-state index in [1.165, 1.54) is 14.0 Å². The Labute approximate surface area is 61.6 Å². The summed E-state index contributed by atoms with van der Waals surface area (Å²) in [5.74, 6) is 2.46. The summed E-state index contributed by atoms with van der Waals surface area (Å²) in [4.78, 5) is 10.6. The number of terminal acetylenes is 1. The summed E-state index contributed by atoms with van der Waals surface area (Å²) in [5, 5.41) is 0. The zero-order valence-electron chi connectivity index (χ0n) is 6.60. The van der Waals surface area contributed by atoms with Crippen molar-refractivity contribution in [1.29, 1.82) is 0 Å². The van der Waals surface area contributed by atoms with Crippen LogP contribution in [0, 0.1) is 12.3 Å². The number of hydrogen-bond donors (Lipinski definition) is 0. The molecule has 2 heteroatoms. The van der Waals surface area contributed by atoms with Crippen molar-refractivity contribution in [2.24, 2.45) is 0 Å². The van der Waals surface area contributed by atoms with Crippen molar-refractivity contribution < 1.29 is 9.53 Å². The summed E-state index contributed by atoms with van der Waals surface area (Å²) in [6.07, 6.45) is 5.42. The van der Waals surface area contributed by atoms with Crippen molar-refractivity contribution in [2.45, 2.75) is 25.9 Å². The van der Waals surface area contributed by atoms with Crippen molar-refractivity contribution in [1.82, 2.24) is 0 Å². The van der Waals surface area contributed by atoms with Gasteiger partial charge in [-0.15, -0.1) is 6.42 Å². The second-order valence-corrected chi connectivity index (χ2v) is 2.46. The van der Waals surface area contributed by atoms with E-state index in [4.69, 9.17) is 11.2 Å². The molecular weight excluding hydrogens is 128 g/mol. The van der Waals surface area contributed by atoms with E-state index in [2.05, 4.69) is 5.92 Å². The number of carbonyl (C=O) groups excluding carboxylic acids is 1. The van der Waals surface area contributed by atoms with E-state index in [1.54, 1.807) is 6.92 Å². The normalized spacial score (nSPS) is 15.4. The monoisotopic (exact) mass is 140 g/mol. The lowest BCUT2D eigenvalue weighted by atomic mass is 10.0. The molecule has 0 aliphatic heterocycles. The van der Waals surface area contributed by atoms with Crippen LogP contribution in [0.2, 0.25) is 0 Å². The lowest BCUT2D eigenvalue weighted by molar-refractivity contribution is -0.120. The van der Waals surface area contributed by atoms with Crippen LogP contribution in [0.15, 0.2) is 0 Å². The number of methoxy groups -OCH3 is 1. The molecule has 0 aromatic rings. The van der Waals surface area contributed by atoms with Crippen LogP contribution in [0.4, 0.5) is 0 Å². The third kappa shape index (κ3) is 2.65. The van der Waals surface area contributed by atoms with Gasteiger partial charge >= 0.3 is 0 Å². The van der Waals surface area contributed by atoms with Gasteiger partial charge in [0.1, 0.15) is 11.4 Å². The Morgan fingerprint density at radius 2 is 2.30 bits per heavy atom. The molecule has 0 fully saturated rings. The number of rotatable bonds is 3. The summed E-state index contributed by atoms with van der Waals surface area (Å²) in [6.45, 7) is 3.21. The smallest absolute Gasteiger partial charge is 0.133 e. The third-order valence-corrected chi connectivity index (χ3v) is 1.34. The van der Waals surface area contributed by atoms with E-state index in [0.29, 0.717) is 0 Å². The first-order valence-electron chi connectivity index (χ1n) is 3.06. The fourth-order valence-corrected chi connectivity index (χ4v) is 0.657. The first-order valence-corrected chi connectivity index (χ1v) is 3.06. The molecule has 0 rings (SSSR count). The van der Waals surface area contributed by atoms with E-state index >= 15 is 0 Å². The molecule has 0 aromatic heterocycles. The molecule has 0 N–H and O–H groups in total. The van der Waals surface area contributed by atoms with Crippen molar-refractivity contribution >= 4 is 5.78 Å². The minimum Gasteiger partial charge on any atom is -0.365 e. The predicted molar refractivity (Wildman–Crippen MR) is 39.5 cm³/mol. The average molecular weight is 140 g/mol. The fourth-order valence-electron chi connectivity index (χ4n) is 0.657. The maximum absolute atomic E-state index is 10.6. The molecule has 0 aliphatic carbocycles. The van der Waals surface area contributed by atoms with E-state index in [9.17, 15) is 4.79 Å². The Hall–Kier alpha value is -0.810. The maximum atomic E-state index is 10.6. The second kappa shape index (κ2) is 3.38. The highest BCUT2D eigenvalue weighted by atomic mass is 16.5. The molecule has 2 nitrogen and oxygen atoms in total. The van der Waals surface area contributed by atoms with Gasteiger partial charge in [-0.1, -0.05) is 5.92 Å². The van der Waals surface area contributed by atoms with Crippen LogP contribution >= 0.6 is 0 Å². The summed E-state index contributed by atoms with van der Waals surface area (Å²) in [7, 11) is 1.50. The van der Waals surface area contributed by atoms with Gasteiger partial charge in [0.05, 0.1) is 0 Å². The van der Waals surface area contributed by atoms with Gasteiger partial charge in [0.2, 0.25) is 0 Å². The number of Topliss-reactive ketones (excluding diaryl/α,β-unsaturated/α-hetero) is 1. The van der Waals surface area contributed by atoms with Gasteiger partial charge in [-0.25, -0.2) is 0 Å². The number of carbonyl (C=O) groups is 1. The highest BCUT2D eigenvalue weighted by Crippen LogP contribution is 2.12. The summed E-state index contributed by atoms with van der Waals surface area (Å²) in [6, 6.07) is 0. The Morgan fingerprint density at radius 1 is 1.80 bits per heavy atom. The molecule has 56 valence electrons. The molecule has 0 aromatic carbocycles.